The van der Waals surface area contributed by atoms with Crippen LogP contribution in [0.5, 0.6) is 0 Å². The molecular formula is C12H14F3O5PS-2. The van der Waals surface area contributed by atoms with Gasteiger partial charge in [-0.3, -0.25) is 0 Å². The second-order valence-corrected chi connectivity index (χ2v) is 8.50. The average Bonchev–Trinajstić information content (AvgIpc) is 2.38. The predicted molar refractivity (Wildman–Crippen MR) is 69.5 cm³/mol. The van der Waals surface area contributed by atoms with E-state index in [9.17, 15) is 35.9 Å². The van der Waals surface area contributed by atoms with E-state index in [4.69, 9.17) is 0 Å². The van der Waals surface area contributed by atoms with Crippen molar-refractivity contribution in [2.75, 3.05) is 0 Å². The monoisotopic (exact) mass is 358 g/mol. The lowest BCUT2D eigenvalue weighted by Crippen LogP contribution is -2.36. The third-order valence-electron chi connectivity index (χ3n) is 3.70. The zero-order valence-corrected chi connectivity index (χ0v) is 13.5. The quantitative estimate of drug-likeness (QED) is 0.749. The molecule has 0 unspecified atom stereocenters. The average molecular weight is 358 g/mol. The van der Waals surface area contributed by atoms with Crippen molar-refractivity contribution in [1.29, 1.82) is 0 Å². The first kappa shape index (κ1) is 19.2. The Kier molecular flexibility index (Phi) is 5.19. The number of sulfone groups is 1. The van der Waals surface area contributed by atoms with E-state index in [1.54, 1.807) is 0 Å². The molecule has 0 radical (unpaired) electrons. The molecule has 0 saturated heterocycles. The first-order chi connectivity index (χ1) is 9.83. The van der Waals surface area contributed by atoms with Gasteiger partial charge in [-0.05, 0) is 30.5 Å². The zero-order valence-electron chi connectivity index (χ0n) is 11.8. The summed E-state index contributed by atoms with van der Waals surface area (Å²) in [5.74, 6) is 0. The second-order valence-electron chi connectivity index (χ2n) is 4.71. The van der Waals surface area contributed by atoms with Crippen LogP contribution in [-0.2, 0) is 19.6 Å². The summed E-state index contributed by atoms with van der Waals surface area (Å²) >= 11 is 0. The van der Waals surface area contributed by atoms with Crippen LogP contribution in [0.15, 0.2) is 29.2 Å². The van der Waals surface area contributed by atoms with Crippen molar-refractivity contribution >= 4 is 17.4 Å². The molecule has 0 aliphatic rings. The third kappa shape index (κ3) is 3.08. The maximum absolute atomic E-state index is 12.4. The molecule has 0 aromatic heterocycles. The van der Waals surface area contributed by atoms with Gasteiger partial charge in [-0.1, -0.05) is 33.6 Å². The van der Waals surface area contributed by atoms with Crippen molar-refractivity contribution in [1.82, 2.24) is 0 Å². The first-order valence-electron chi connectivity index (χ1n) is 6.27. The molecule has 126 valence electrons. The van der Waals surface area contributed by atoms with Crippen LogP contribution >= 0.6 is 7.60 Å². The predicted octanol–water partition coefficient (Wildman–Crippen LogP) is 1.91. The van der Waals surface area contributed by atoms with Gasteiger partial charge < -0.3 is 14.4 Å². The van der Waals surface area contributed by atoms with Gasteiger partial charge in [-0.2, -0.15) is 13.2 Å². The van der Waals surface area contributed by atoms with E-state index in [1.807, 2.05) is 0 Å². The first-order valence-corrected chi connectivity index (χ1v) is 9.30. The Bertz CT molecular complexity index is 672. The molecule has 0 aliphatic carbocycles. The van der Waals surface area contributed by atoms with Crippen LogP contribution in [0.25, 0.3) is 0 Å². The summed E-state index contributed by atoms with van der Waals surface area (Å²) in [4.78, 5) is 22.1. The number of hydrogen-bond acceptors (Lipinski definition) is 5. The molecule has 22 heavy (non-hydrogen) atoms. The minimum absolute atomic E-state index is 0.0213. The largest absolute Gasteiger partial charge is 0.810 e. The molecule has 1 aromatic carbocycles. The van der Waals surface area contributed by atoms with E-state index in [1.165, 1.54) is 13.8 Å². The molecule has 10 heteroatoms. The topological polar surface area (TPSA) is 97.3 Å². The van der Waals surface area contributed by atoms with Crippen LogP contribution in [0.1, 0.15) is 32.3 Å². The third-order valence-corrected chi connectivity index (χ3v) is 7.14. The highest BCUT2D eigenvalue weighted by molar-refractivity contribution is 7.92. The van der Waals surface area contributed by atoms with Gasteiger partial charge in [0.1, 0.15) is 0 Å². The standard InChI is InChI=1S/C12H16F3O5PS/c1-3-11(4-2,21(16,17)18)9-5-7-10(8-6-9)22(19,20)12(13,14)15/h5-8H,3-4H2,1-2H3,(H2,16,17,18)/p-2. The fraction of sp³-hybridized carbons (Fsp3) is 0.500. The van der Waals surface area contributed by atoms with Crippen molar-refractivity contribution in [3.8, 4) is 0 Å². The van der Waals surface area contributed by atoms with Crippen LogP contribution in [0, 0.1) is 0 Å². The van der Waals surface area contributed by atoms with Crippen molar-refractivity contribution in [3.63, 3.8) is 0 Å². The summed E-state index contributed by atoms with van der Waals surface area (Å²) in [5, 5.41) is -1.77. The molecule has 0 N–H and O–H groups in total. The van der Waals surface area contributed by atoms with Crippen LogP contribution in [-0.4, -0.2) is 13.9 Å². The molecule has 1 aromatic rings. The Hall–Kier alpha value is -0.890. The molecule has 5 nitrogen and oxygen atoms in total. The SMILES string of the molecule is CCC(CC)(c1ccc(S(=O)(=O)C(F)(F)F)cc1)P(=O)([O-])[O-]. The summed E-state index contributed by atoms with van der Waals surface area (Å²) < 4.78 is 71.4. The van der Waals surface area contributed by atoms with E-state index in [0.717, 1.165) is 12.1 Å². The maximum Gasteiger partial charge on any atom is 0.501 e. The van der Waals surface area contributed by atoms with Crippen LogP contribution in [0.3, 0.4) is 0 Å². The molecule has 0 heterocycles. The fourth-order valence-corrected chi connectivity index (χ4v) is 4.28. The van der Waals surface area contributed by atoms with E-state index in [-0.39, 0.29) is 18.4 Å². The van der Waals surface area contributed by atoms with Crippen molar-refractivity contribution < 1.29 is 35.9 Å². The minimum Gasteiger partial charge on any atom is -0.810 e. The molecule has 0 aliphatic heterocycles. The molecular weight excluding hydrogens is 344 g/mol. The van der Waals surface area contributed by atoms with E-state index in [2.05, 4.69) is 0 Å². The summed E-state index contributed by atoms with van der Waals surface area (Å²) in [6.45, 7) is 2.93. The van der Waals surface area contributed by atoms with Crippen molar-refractivity contribution in [3.05, 3.63) is 29.8 Å². The number of halogens is 3. The molecule has 0 amide bonds. The highest BCUT2D eigenvalue weighted by atomic mass is 32.2. The van der Waals surface area contributed by atoms with Crippen molar-refractivity contribution in [2.45, 2.75) is 42.2 Å². The van der Waals surface area contributed by atoms with Gasteiger partial charge in [0.05, 0.1) is 4.90 Å². The molecule has 0 bridgehead atoms. The Balaban J connectivity index is 3.43. The maximum atomic E-state index is 12.4. The normalized spacial score (nSPS) is 14.1. The summed E-state index contributed by atoms with van der Waals surface area (Å²) in [5.41, 5.74) is -5.47. The lowest BCUT2D eigenvalue weighted by Gasteiger charge is -2.49. The van der Waals surface area contributed by atoms with Gasteiger partial charge in [-0.25, -0.2) is 8.42 Å². The number of alkyl halides is 3. The molecule has 0 fully saturated rings. The molecule has 1 rings (SSSR count). The fourth-order valence-electron chi connectivity index (χ4n) is 2.28. The highest BCUT2D eigenvalue weighted by Crippen LogP contribution is 2.55. The van der Waals surface area contributed by atoms with Gasteiger partial charge in [0.25, 0.3) is 9.84 Å². The van der Waals surface area contributed by atoms with Gasteiger partial charge in [-0.15, -0.1) is 0 Å². The summed E-state index contributed by atoms with van der Waals surface area (Å²) in [6, 6.07) is 3.20. The molecule has 0 spiro atoms. The summed E-state index contributed by atoms with van der Waals surface area (Å²) in [6.07, 6.45) is -0.141. The van der Waals surface area contributed by atoms with E-state index >= 15 is 0 Å². The highest BCUT2D eigenvalue weighted by Gasteiger charge is 2.47. The van der Waals surface area contributed by atoms with Crippen LogP contribution in [0.4, 0.5) is 13.2 Å². The zero-order chi connectivity index (χ0) is 17.4. The molecule has 0 saturated carbocycles. The van der Waals surface area contributed by atoms with Crippen LogP contribution < -0.4 is 9.79 Å². The second kappa shape index (κ2) is 5.96. The van der Waals surface area contributed by atoms with Gasteiger partial charge in [0.2, 0.25) is 0 Å². The van der Waals surface area contributed by atoms with Gasteiger partial charge in [0, 0.05) is 5.16 Å². The Morgan fingerprint density at radius 1 is 1.05 bits per heavy atom. The minimum atomic E-state index is -5.51. The number of hydrogen-bond donors (Lipinski definition) is 0. The lowest BCUT2D eigenvalue weighted by molar-refractivity contribution is -0.322. The Morgan fingerprint density at radius 2 is 1.45 bits per heavy atom. The van der Waals surface area contributed by atoms with E-state index < -0.39 is 33.0 Å². The number of benzene rings is 1. The Morgan fingerprint density at radius 3 is 1.73 bits per heavy atom. The smallest absolute Gasteiger partial charge is 0.501 e. The molecule has 0 atom stereocenters. The lowest BCUT2D eigenvalue weighted by atomic mass is 9.93. The van der Waals surface area contributed by atoms with Crippen LogP contribution in [0.2, 0.25) is 0 Å². The van der Waals surface area contributed by atoms with Gasteiger partial charge >= 0.3 is 5.51 Å². The van der Waals surface area contributed by atoms with Gasteiger partial charge in [0.15, 0.2) is 0 Å². The Labute approximate surface area is 126 Å². The van der Waals surface area contributed by atoms with E-state index in [0.29, 0.717) is 12.1 Å². The summed E-state index contributed by atoms with van der Waals surface area (Å²) in [7, 11) is -10.6. The number of rotatable bonds is 5. The van der Waals surface area contributed by atoms with Crippen molar-refractivity contribution in [2.24, 2.45) is 0 Å².